The number of carbonyl (C=O) groups excluding carboxylic acids is 1. The zero-order valence-corrected chi connectivity index (χ0v) is 14.3. The molecule has 2 rings (SSSR count). The number of benzene rings is 1. The third-order valence-electron chi connectivity index (χ3n) is 3.97. The van der Waals surface area contributed by atoms with E-state index in [4.69, 9.17) is 9.47 Å². The van der Waals surface area contributed by atoms with Gasteiger partial charge in [0.1, 0.15) is 5.82 Å². The lowest BCUT2D eigenvalue weighted by molar-refractivity contribution is 0.0166. The number of rotatable bonds is 7. The summed E-state index contributed by atoms with van der Waals surface area (Å²) in [6.45, 7) is 5.51. The number of hydrogen-bond donors (Lipinski definition) is 2. The number of carbonyl (C=O) groups is 1. The average molecular weight is 339 g/mol. The lowest BCUT2D eigenvalue weighted by Crippen LogP contribution is -2.47. The van der Waals surface area contributed by atoms with Crippen molar-refractivity contribution in [3.05, 3.63) is 35.6 Å². The van der Waals surface area contributed by atoms with Crippen molar-refractivity contribution in [2.75, 3.05) is 46.6 Å². The van der Waals surface area contributed by atoms with Crippen LogP contribution in [0.3, 0.4) is 0 Å². The van der Waals surface area contributed by atoms with Gasteiger partial charge in [-0.3, -0.25) is 4.90 Å². The molecule has 0 aliphatic carbocycles. The van der Waals surface area contributed by atoms with Gasteiger partial charge in [-0.2, -0.15) is 0 Å². The normalized spacial score (nSPS) is 18.0. The molecule has 1 aliphatic rings. The molecule has 0 aromatic heterocycles. The first-order chi connectivity index (χ1) is 11.6. The van der Waals surface area contributed by atoms with Crippen LogP contribution in [0.1, 0.15) is 18.5 Å². The summed E-state index contributed by atoms with van der Waals surface area (Å²) < 4.78 is 24.0. The van der Waals surface area contributed by atoms with Crippen LogP contribution in [0.5, 0.6) is 0 Å². The van der Waals surface area contributed by atoms with Gasteiger partial charge in [-0.05, 0) is 24.6 Å². The van der Waals surface area contributed by atoms with E-state index >= 15 is 0 Å². The van der Waals surface area contributed by atoms with Crippen LogP contribution >= 0.6 is 0 Å². The minimum Gasteiger partial charge on any atom is -0.383 e. The fourth-order valence-electron chi connectivity index (χ4n) is 2.82. The van der Waals surface area contributed by atoms with E-state index in [-0.39, 0.29) is 23.9 Å². The number of amides is 2. The highest BCUT2D eigenvalue weighted by Crippen LogP contribution is 2.22. The Morgan fingerprint density at radius 3 is 2.83 bits per heavy atom. The summed E-state index contributed by atoms with van der Waals surface area (Å²) in [5.41, 5.74) is 0.849. The molecule has 1 heterocycles. The van der Waals surface area contributed by atoms with Crippen LogP contribution in [0.2, 0.25) is 0 Å². The summed E-state index contributed by atoms with van der Waals surface area (Å²) in [5.74, 6) is -0.274. The SMILES string of the molecule is COCC(C)NC(=O)NCC(c1cccc(F)c1)N1CCOCC1. The standard InChI is InChI=1S/C17H26FN3O3/c1-13(12-23-2)20-17(22)19-11-16(21-6-8-24-9-7-21)14-4-3-5-15(18)10-14/h3-5,10,13,16H,6-9,11-12H2,1-2H3,(H2,19,20,22). The molecule has 0 bridgehead atoms. The molecule has 7 heteroatoms. The van der Waals surface area contributed by atoms with E-state index in [1.165, 1.54) is 12.1 Å². The zero-order chi connectivity index (χ0) is 17.4. The zero-order valence-electron chi connectivity index (χ0n) is 14.3. The van der Waals surface area contributed by atoms with Crippen molar-refractivity contribution >= 4 is 6.03 Å². The molecule has 0 spiro atoms. The molecule has 2 unspecified atom stereocenters. The van der Waals surface area contributed by atoms with Crippen LogP contribution in [-0.4, -0.2) is 63.5 Å². The summed E-state index contributed by atoms with van der Waals surface area (Å²) in [5, 5.41) is 5.69. The molecule has 2 atom stereocenters. The van der Waals surface area contributed by atoms with Gasteiger partial charge in [0.05, 0.1) is 31.9 Å². The number of ether oxygens (including phenoxy) is 2. The highest BCUT2D eigenvalue weighted by atomic mass is 19.1. The second kappa shape index (κ2) is 9.56. The first-order valence-corrected chi connectivity index (χ1v) is 8.20. The van der Waals surface area contributed by atoms with E-state index in [1.807, 2.05) is 13.0 Å². The monoisotopic (exact) mass is 339 g/mol. The molecule has 2 N–H and O–H groups in total. The van der Waals surface area contributed by atoms with Crippen molar-refractivity contribution in [3.8, 4) is 0 Å². The van der Waals surface area contributed by atoms with Crippen molar-refractivity contribution in [2.45, 2.75) is 19.0 Å². The van der Waals surface area contributed by atoms with Gasteiger partial charge < -0.3 is 20.1 Å². The maximum atomic E-state index is 13.6. The lowest BCUT2D eigenvalue weighted by Gasteiger charge is -2.35. The summed E-state index contributed by atoms with van der Waals surface area (Å²) in [6.07, 6.45) is 0. The van der Waals surface area contributed by atoms with Crippen LogP contribution < -0.4 is 10.6 Å². The Morgan fingerprint density at radius 1 is 1.42 bits per heavy atom. The smallest absolute Gasteiger partial charge is 0.315 e. The number of halogens is 1. The minimum absolute atomic E-state index is 0.0778. The van der Waals surface area contributed by atoms with Crippen molar-refractivity contribution in [2.24, 2.45) is 0 Å². The third kappa shape index (κ3) is 5.74. The minimum atomic E-state index is -0.274. The molecule has 134 valence electrons. The highest BCUT2D eigenvalue weighted by Gasteiger charge is 2.23. The first-order valence-electron chi connectivity index (χ1n) is 8.20. The molecule has 1 saturated heterocycles. The molecular weight excluding hydrogens is 313 g/mol. The molecule has 0 radical (unpaired) electrons. The predicted molar refractivity (Wildman–Crippen MR) is 89.4 cm³/mol. The van der Waals surface area contributed by atoms with Gasteiger partial charge in [-0.15, -0.1) is 0 Å². The van der Waals surface area contributed by atoms with Crippen molar-refractivity contribution in [3.63, 3.8) is 0 Å². The van der Waals surface area contributed by atoms with Gasteiger partial charge >= 0.3 is 6.03 Å². The van der Waals surface area contributed by atoms with E-state index in [9.17, 15) is 9.18 Å². The molecule has 0 saturated carbocycles. The maximum Gasteiger partial charge on any atom is 0.315 e. The Labute approximate surface area is 142 Å². The highest BCUT2D eigenvalue weighted by molar-refractivity contribution is 5.74. The van der Waals surface area contributed by atoms with Crippen molar-refractivity contribution in [1.82, 2.24) is 15.5 Å². The van der Waals surface area contributed by atoms with E-state index in [0.29, 0.717) is 26.4 Å². The summed E-state index contributed by atoms with van der Waals surface area (Å²) in [4.78, 5) is 14.2. The molecule has 1 aliphatic heterocycles. The van der Waals surface area contributed by atoms with E-state index in [2.05, 4.69) is 15.5 Å². The van der Waals surface area contributed by atoms with E-state index in [1.54, 1.807) is 13.2 Å². The van der Waals surface area contributed by atoms with Crippen molar-refractivity contribution < 1.29 is 18.7 Å². The number of nitrogens with zero attached hydrogens (tertiary/aromatic N) is 1. The van der Waals surface area contributed by atoms with E-state index in [0.717, 1.165) is 18.7 Å². The van der Waals surface area contributed by atoms with Crippen LogP contribution in [0.4, 0.5) is 9.18 Å². The first kappa shape index (κ1) is 18.6. The van der Waals surface area contributed by atoms with Gasteiger partial charge in [0.15, 0.2) is 0 Å². The molecule has 6 nitrogen and oxygen atoms in total. The second-order valence-corrected chi connectivity index (χ2v) is 5.93. The topological polar surface area (TPSA) is 62.8 Å². The number of hydrogen-bond acceptors (Lipinski definition) is 4. The molecule has 1 aromatic rings. The molecule has 1 aromatic carbocycles. The summed E-state index contributed by atoms with van der Waals surface area (Å²) >= 11 is 0. The summed E-state index contributed by atoms with van der Waals surface area (Å²) in [6, 6.07) is 6.10. The van der Waals surface area contributed by atoms with Gasteiger partial charge in [0, 0.05) is 26.7 Å². The lowest BCUT2D eigenvalue weighted by atomic mass is 10.0. The Kier molecular flexibility index (Phi) is 7.42. The fraction of sp³-hybridized carbons (Fsp3) is 0.588. The number of methoxy groups -OCH3 is 1. The molecule has 24 heavy (non-hydrogen) atoms. The van der Waals surface area contributed by atoms with Crippen LogP contribution in [0.15, 0.2) is 24.3 Å². The predicted octanol–water partition coefficient (Wildman–Crippen LogP) is 1.53. The van der Waals surface area contributed by atoms with E-state index < -0.39 is 0 Å². The van der Waals surface area contributed by atoms with Gasteiger partial charge in [-0.1, -0.05) is 12.1 Å². The van der Waals surface area contributed by atoms with Crippen LogP contribution in [0, 0.1) is 5.82 Å². The van der Waals surface area contributed by atoms with Gasteiger partial charge in [0.2, 0.25) is 0 Å². The maximum absolute atomic E-state index is 13.6. The quantitative estimate of drug-likeness (QED) is 0.791. The fourth-order valence-corrected chi connectivity index (χ4v) is 2.82. The number of urea groups is 1. The molecular formula is C17H26FN3O3. The molecule has 2 amide bonds. The number of morpholine rings is 1. The Bertz CT molecular complexity index is 524. The van der Waals surface area contributed by atoms with Gasteiger partial charge in [0.25, 0.3) is 0 Å². The average Bonchev–Trinajstić information content (AvgIpc) is 2.56. The second-order valence-electron chi connectivity index (χ2n) is 5.93. The molecule has 1 fully saturated rings. The largest absolute Gasteiger partial charge is 0.383 e. The summed E-state index contributed by atoms with van der Waals surface area (Å²) in [7, 11) is 1.59. The Morgan fingerprint density at radius 2 is 2.17 bits per heavy atom. The number of nitrogens with one attached hydrogen (secondary N) is 2. The Balaban J connectivity index is 1.99. The van der Waals surface area contributed by atoms with Crippen LogP contribution in [-0.2, 0) is 9.47 Å². The van der Waals surface area contributed by atoms with Crippen LogP contribution in [0.25, 0.3) is 0 Å². The third-order valence-corrected chi connectivity index (χ3v) is 3.97. The van der Waals surface area contributed by atoms with Gasteiger partial charge in [-0.25, -0.2) is 9.18 Å². The Hall–Kier alpha value is -1.70. The van der Waals surface area contributed by atoms with Crippen molar-refractivity contribution in [1.29, 1.82) is 0 Å².